The minimum Gasteiger partial charge on any atom is -0.336 e. The average Bonchev–Trinajstić information content (AvgIpc) is 2.65. The molecule has 0 aromatic rings. The highest BCUT2D eigenvalue weighted by atomic mass is 16.2. The highest BCUT2D eigenvalue weighted by Crippen LogP contribution is 2.22. The van der Waals surface area contributed by atoms with Crippen molar-refractivity contribution < 1.29 is 4.79 Å². The van der Waals surface area contributed by atoms with Crippen LogP contribution in [0.5, 0.6) is 0 Å². The largest absolute Gasteiger partial charge is 0.336 e. The van der Waals surface area contributed by atoms with E-state index in [1.807, 2.05) is 19.0 Å². The average molecular weight is 228 g/mol. The summed E-state index contributed by atoms with van der Waals surface area (Å²) in [5, 5.41) is 9.32. The second-order valence-corrected chi connectivity index (χ2v) is 4.57. The summed E-state index contributed by atoms with van der Waals surface area (Å²) in [6.45, 7) is 6.45. The zero-order valence-corrected chi connectivity index (χ0v) is 10.6. The molecule has 3 N–H and O–H groups in total. The van der Waals surface area contributed by atoms with Crippen LogP contribution in [0.1, 0.15) is 13.3 Å². The van der Waals surface area contributed by atoms with Crippen molar-refractivity contribution in [3.05, 3.63) is 0 Å². The van der Waals surface area contributed by atoms with Crippen LogP contribution in [0.15, 0.2) is 0 Å². The van der Waals surface area contributed by atoms with Gasteiger partial charge in [-0.3, -0.25) is 0 Å². The Bertz CT molecular complexity index is 226. The van der Waals surface area contributed by atoms with Gasteiger partial charge in [-0.1, -0.05) is 6.92 Å². The van der Waals surface area contributed by atoms with Crippen molar-refractivity contribution in [1.29, 1.82) is 0 Å². The van der Waals surface area contributed by atoms with Gasteiger partial charge in [0.1, 0.15) is 0 Å². The number of nitrogens with one attached hydrogen (secondary N) is 3. The molecule has 1 fully saturated rings. The first-order valence-electron chi connectivity index (χ1n) is 5.99. The molecule has 2 amide bonds. The molecular formula is C11H24N4O. The van der Waals surface area contributed by atoms with Crippen molar-refractivity contribution in [2.75, 3.05) is 46.8 Å². The van der Waals surface area contributed by atoms with Gasteiger partial charge in [0.15, 0.2) is 0 Å². The smallest absolute Gasteiger partial charge is 0.317 e. The van der Waals surface area contributed by atoms with Crippen LogP contribution in [-0.2, 0) is 0 Å². The number of urea groups is 1. The Morgan fingerprint density at radius 2 is 2.00 bits per heavy atom. The number of carbonyl (C=O) groups excluding carboxylic acids is 1. The summed E-state index contributed by atoms with van der Waals surface area (Å²) in [7, 11) is 3.92. The van der Waals surface area contributed by atoms with E-state index in [0.29, 0.717) is 0 Å². The monoisotopic (exact) mass is 228 g/mol. The maximum absolute atomic E-state index is 11.6. The number of rotatable bonds is 7. The van der Waals surface area contributed by atoms with Crippen LogP contribution in [0.3, 0.4) is 0 Å². The van der Waals surface area contributed by atoms with E-state index in [0.717, 1.165) is 39.1 Å². The number of amides is 2. The second kappa shape index (κ2) is 6.06. The van der Waals surface area contributed by atoms with Crippen molar-refractivity contribution in [3.8, 4) is 0 Å². The third-order valence-corrected chi connectivity index (χ3v) is 3.32. The Morgan fingerprint density at radius 1 is 1.38 bits per heavy atom. The van der Waals surface area contributed by atoms with Gasteiger partial charge in [-0.2, -0.15) is 0 Å². The Labute approximate surface area is 98.0 Å². The molecule has 1 aliphatic rings. The molecule has 1 aliphatic heterocycles. The first-order valence-corrected chi connectivity index (χ1v) is 5.99. The van der Waals surface area contributed by atoms with Gasteiger partial charge < -0.3 is 20.9 Å². The zero-order valence-electron chi connectivity index (χ0n) is 10.6. The van der Waals surface area contributed by atoms with E-state index in [2.05, 4.69) is 22.9 Å². The highest BCUT2D eigenvalue weighted by Gasteiger charge is 2.32. The predicted octanol–water partition coefficient (Wildman–Crippen LogP) is -0.153. The third-order valence-electron chi connectivity index (χ3n) is 3.32. The lowest BCUT2D eigenvalue weighted by Crippen LogP contribution is -2.49. The lowest BCUT2D eigenvalue weighted by atomic mass is 9.84. The van der Waals surface area contributed by atoms with E-state index in [9.17, 15) is 4.79 Å². The predicted molar refractivity (Wildman–Crippen MR) is 65.5 cm³/mol. The van der Waals surface area contributed by atoms with Crippen LogP contribution in [0, 0.1) is 5.41 Å². The summed E-state index contributed by atoms with van der Waals surface area (Å²) in [6.07, 6.45) is 1.05. The van der Waals surface area contributed by atoms with Crippen LogP contribution in [-0.4, -0.2) is 57.8 Å². The Balaban J connectivity index is 2.63. The number of hydrogen-bond donors (Lipinski definition) is 3. The van der Waals surface area contributed by atoms with Crippen molar-refractivity contribution in [1.82, 2.24) is 20.9 Å². The summed E-state index contributed by atoms with van der Waals surface area (Å²) < 4.78 is 0. The van der Waals surface area contributed by atoms with Gasteiger partial charge >= 0.3 is 6.03 Å². The lowest BCUT2D eigenvalue weighted by molar-refractivity contribution is 0.163. The molecule has 16 heavy (non-hydrogen) atoms. The van der Waals surface area contributed by atoms with Gasteiger partial charge in [0.2, 0.25) is 0 Å². The zero-order chi connectivity index (χ0) is 12.0. The fourth-order valence-electron chi connectivity index (χ4n) is 2.35. The van der Waals surface area contributed by atoms with Crippen LogP contribution in [0.25, 0.3) is 0 Å². The summed E-state index contributed by atoms with van der Waals surface area (Å²) in [5.41, 5.74) is 0.130. The molecule has 0 aliphatic carbocycles. The van der Waals surface area contributed by atoms with Gasteiger partial charge in [-0.05, 0) is 20.5 Å². The number of hydrogen-bond acceptors (Lipinski definition) is 3. The van der Waals surface area contributed by atoms with Crippen LogP contribution >= 0.6 is 0 Å². The van der Waals surface area contributed by atoms with Gasteiger partial charge in [0, 0.05) is 38.1 Å². The molecule has 0 spiro atoms. The van der Waals surface area contributed by atoms with Crippen LogP contribution in [0.4, 0.5) is 4.79 Å². The van der Waals surface area contributed by atoms with E-state index in [-0.39, 0.29) is 11.4 Å². The SMILES string of the molecule is CCC(CNC)(CNC)CN1CCNC1=O. The molecule has 1 rings (SSSR count). The number of nitrogens with zero attached hydrogens (tertiary/aromatic N) is 1. The van der Waals surface area contributed by atoms with E-state index in [1.54, 1.807) is 0 Å². The third kappa shape index (κ3) is 3.09. The van der Waals surface area contributed by atoms with E-state index < -0.39 is 0 Å². The summed E-state index contributed by atoms with van der Waals surface area (Å²) in [4.78, 5) is 13.5. The van der Waals surface area contributed by atoms with Gasteiger partial charge in [0.05, 0.1) is 0 Å². The molecule has 0 saturated carbocycles. The topological polar surface area (TPSA) is 56.4 Å². The molecule has 0 bridgehead atoms. The molecule has 94 valence electrons. The molecule has 1 saturated heterocycles. The van der Waals surface area contributed by atoms with Gasteiger partial charge in [-0.15, -0.1) is 0 Å². The maximum atomic E-state index is 11.6. The minimum absolute atomic E-state index is 0.0741. The standard InChI is InChI=1S/C11H24N4O/c1-4-11(7-12-2,8-13-3)9-15-6-5-14-10(15)16/h12-13H,4-9H2,1-3H3,(H,14,16). The molecular weight excluding hydrogens is 204 g/mol. The quantitative estimate of drug-likeness (QED) is 0.568. The minimum atomic E-state index is 0.0741. The fraction of sp³-hybridized carbons (Fsp3) is 0.909. The highest BCUT2D eigenvalue weighted by molar-refractivity contribution is 5.76. The first kappa shape index (κ1) is 13.3. The summed E-state index contributed by atoms with van der Waals surface area (Å²) in [6, 6.07) is 0.0741. The molecule has 1 heterocycles. The van der Waals surface area contributed by atoms with E-state index in [1.165, 1.54) is 0 Å². The fourth-order valence-corrected chi connectivity index (χ4v) is 2.35. The second-order valence-electron chi connectivity index (χ2n) is 4.57. The van der Waals surface area contributed by atoms with Crippen molar-refractivity contribution in [2.45, 2.75) is 13.3 Å². The summed E-state index contributed by atoms with van der Waals surface area (Å²) in [5.74, 6) is 0. The molecule has 0 aromatic heterocycles. The van der Waals surface area contributed by atoms with Crippen molar-refractivity contribution in [3.63, 3.8) is 0 Å². The van der Waals surface area contributed by atoms with E-state index >= 15 is 0 Å². The molecule has 5 heteroatoms. The molecule has 0 radical (unpaired) electrons. The van der Waals surface area contributed by atoms with Gasteiger partial charge in [-0.25, -0.2) is 4.79 Å². The lowest BCUT2D eigenvalue weighted by Gasteiger charge is -2.35. The Kier molecular flexibility index (Phi) is 5.02. The van der Waals surface area contributed by atoms with Crippen molar-refractivity contribution >= 4 is 6.03 Å². The maximum Gasteiger partial charge on any atom is 0.317 e. The Morgan fingerprint density at radius 3 is 2.38 bits per heavy atom. The molecule has 0 aromatic carbocycles. The molecule has 0 atom stereocenters. The molecule has 0 unspecified atom stereocenters. The van der Waals surface area contributed by atoms with E-state index in [4.69, 9.17) is 0 Å². The summed E-state index contributed by atoms with van der Waals surface area (Å²) >= 11 is 0. The van der Waals surface area contributed by atoms with Gasteiger partial charge in [0.25, 0.3) is 0 Å². The normalized spacial score (nSPS) is 16.7. The molecule has 5 nitrogen and oxygen atoms in total. The Hall–Kier alpha value is -0.810. The van der Waals surface area contributed by atoms with Crippen LogP contribution in [0.2, 0.25) is 0 Å². The first-order chi connectivity index (χ1) is 7.67. The number of carbonyl (C=O) groups is 1. The van der Waals surface area contributed by atoms with Crippen LogP contribution < -0.4 is 16.0 Å². The van der Waals surface area contributed by atoms with Crippen molar-refractivity contribution in [2.24, 2.45) is 5.41 Å².